The van der Waals surface area contributed by atoms with Crippen molar-refractivity contribution in [3.05, 3.63) is 71.8 Å². The van der Waals surface area contributed by atoms with E-state index in [9.17, 15) is 4.79 Å². The topological polar surface area (TPSA) is 44.8 Å². The number of ketones is 1. The molecule has 0 aromatic heterocycles. The highest BCUT2D eigenvalue weighted by atomic mass is 16.5. The predicted molar refractivity (Wildman–Crippen MR) is 109 cm³/mol. The van der Waals surface area contributed by atoms with Gasteiger partial charge in [0.15, 0.2) is 5.78 Å². The Morgan fingerprint density at radius 3 is 2.30 bits per heavy atom. The minimum absolute atomic E-state index is 0.0840. The van der Waals surface area contributed by atoms with Crippen LogP contribution in [-0.4, -0.2) is 25.6 Å². The van der Waals surface area contributed by atoms with E-state index in [-0.39, 0.29) is 5.78 Å². The summed E-state index contributed by atoms with van der Waals surface area (Å²) in [6.45, 7) is 11.0. The Bertz CT molecular complexity index is 804. The molecular weight excluding hydrogens is 340 g/mol. The maximum Gasteiger partial charge on any atom is 0.185 e. The van der Waals surface area contributed by atoms with E-state index in [1.807, 2.05) is 32.9 Å². The number of carbonyl (C=O) groups is 1. The van der Waals surface area contributed by atoms with Gasteiger partial charge in [0.05, 0.1) is 13.2 Å². The first-order valence-corrected chi connectivity index (χ1v) is 9.05. The number of hydrogen-bond donors (Lipinski definition) is 0. The maximum absolute atomic E-state index is 12.5. The van der Waals surface area contributed by atoms with Crippen molar-refractivity contribution in [2.75, 3.05) is 19.8 Å². The van der Waals surface area contributed by atoms with Crippen LogP contribution >= 0.6 is 0 Å². The second kappa shape index (κ2) is 10.2. The lowest BCUT2D eigenvalue weighted by Crippen LogP contribution is -1.99. The summed E-state index contributed by atoms with van der Waals surface area (Å²) in [4.78, 5) is 12.5. The van der Waals surface area contributed by atoms with Crippen molar-refractivity contribution in [3.63, 3.8) is 0 Å². The number of rotatable bonds is 10. The minimum atomic E-state index is -0.0840. The van der Waals surface area contributed by atoms with E-state index >= 15 is 0 Å². The summed E-state index contributed by atoms with van der Waals surface area (Å²) < 4.78 is 16.8. The summed E-state index contributed by atoms with van der Waals surface area (Å²) in [7, 11) is 0. The van der Waals surface area contributed by atoms with Gasteiger partial charge in [-0.1, -0.05) is 12.7 Å². The molecule has 0 heterocycles. The third-order valence-electron chi connectivity index (χ3n) is 3.83. The highest BCUT2D eigenvalue weighted by Crippen LogP contribution is 2.30. The summed E-state index contributed by atoms with van der Waals surface area (Å²) in [6.07, 6.45) is 5.01. The molecule has 0 radical (unpaired) electrons. The molecule has 0 amide bonds. The first kappa shape index (κ1) is 20.3. The number of aryl methyl sites for hydroxylation is 1. The zero-order valence-electron chi connectivity index (χ0n) is 16.2. The summed E-state index contributed by atoms with van der Waals surface area (Å²) in [5.41, 5.74) is 2.44. The molecule has 4 heteroatoms. The highest BCUT2D eigenvalue weighted by Gasteiger charge is 2.09. The van der Waals surface area contributed by atoms with E-state index in [1.165, 1.54) is 0 Å². The van der Waals surface area contributed by atoms with Crippen molar-refractivity contribution in [2.45, 2.75) is 20.8 Å². The second-order valence-corrected chi connectivity index (χ2v) is 5.84. The van der Waals surface area contributed by atoms with Crippen LogP contribution in [0.15, 0.2) is 55.1 Å². The second-order valence-electron chi connectivity index (χ2n) is 5.84. The Kier molecular flexibility index (Phi) is 7.68. The highest BCUT2D eigenvalue weighted by molar-refractivity contribution is 6.07. The van der Waals surface area contributed by atoms with Gasteiger partial charge in [0, 0.05) is 17.2 Å². The smallest absolute Gasteiger partial charge is 0.185 e. The molecule has 2 rings (SSSR count). The lowest BCUT2D eigenvalue weighted by atomic mass is 10.1. The van der Waals surface area contributed by atoms with Gasteiger partial charge in [-0.3, -0.25) is 4.79 Å². The van der Waals surface area contributed by atoms with Crippen molar-refractivity contribution >= 4 is 11.9 Å². The molecule has 0 saturated heterocycles. The van der Waals surface area contributed by atoms with Crippen LogP contribution in [0.5, 0.6) is 17.2 Å². The molecule has 0 aliphatic rings. The lowest BCUT2D eigenvalue weighted by molar-refractivity contribution is 0.104. The van der Waals surface area contributed by atoms with Crippen LogP contribution in [0.1, 0.15) is 35.3 Å². The Hall–Kier alpha value is -3.01. The minimum Gasteiger partial charge on any atom is -0.493 e. The summed E-state index contributed by atoms with van der Waals surface area (Å²) in [5.74, 6) is 2.11. The van der Waals surface area contributed by atoms with E-state index in [0.717, 1.165) is 16.9 Å². The van der Waals surface area contributed by atoms with Crippen LogP contribution in [0.4, 0.5) is 0 Å². The van der Waals surface area contributed by atoms with E-state index in [0.29, 0.717) is 36.9 Å². The van der Waals surface area contributed by atoms with Gasteiger partial charge >= 0.3 is 0 Å². The first-order valence-electron chi connectivity index (χ1n) is 9.05. The van der Waals surface area contributed by atoms with Gasteiger partial charge in [0.1, 0.15) is 23.9 Å². The summed E-state index contributed by atoms with van der Waals surface area (Å²) in [5, 5.41) is 0. The van der Waals surface area contributed by atoms with Crippen LogP contribution in [-0.2, 0) is 0 Å². The van der Waals surface area contributed by atoms with Crippen molar-refractivity contribution < 1.29 is 19.0 Å². The number of ether oxygens (including phenoxy) is 3. The number of hydrogen-bond acceptors (Lipinski definition) is 4. The molecule has 0 atom stereocenters. The lowest BCUT2D eigenvalue weighted by Gasteiger charge is -2.13. The molecule has 2 aromatic carbocycles. The van der Waals surface area contributed by atoms with Gasteiger partial charge in [-0.05, 0) is 68.8 Å². The molecule has 0 aliphatic carbocycles. The molecule has 0 saturated carbocycles. The standard InChI is InChI=1S/C23H26O4/c1-5-14-27-20-11-8-18(9-12-20)21(24)13-10-19-15-17(4)22(25-6-2)16-23(19)26-7-3/h5,8-13,15-16H,1,6-7,14H2,2-4H3/b13-10+. The van der Waals surface area contributed by atoms with Crippen LogP contribution in [0.3, 0.4) is 0 Å². The molecule has 0 spiro atoms. The van der Waals surface area contributed by atoms with Crippen molar-refractivity contribution in [3.8, 4) is 17.2 Å². The van der Waals surface area contributed by atoms with Crippen LogP contribution in [0, 0.1) is 6.92 Å². The van der Waals surface area contributed by atoms with Crippen LogP contribution in [0.25, 0.3) is 6.08 Å². The average molecular weight is 366 g/mol. The molecule has 2 aromatic rings. The first-order chi connectivity index (χ1) is 13.1. The van der Waals surface area contributed by atoms with E-state index < -0.39 is 0 Å². The molecule has 0 aliphatic heterocycles. The third kappa shape index (κ3) is 5.74. The monoisotopic (exact) mass is 366 g/mol. The molecular formula is C23H26O4. The number of benzene rings is 2. The predicted octanol–water partition coefficient (Wildman–Crippen LogP) is 5.25. The van der Waals surface area contributed by atoms with Gasteiger partial charge in [-0.15, -0.1) is 0 Å². The van der Waals surface area contributed by atoms with Gasteiger partial charge in [0.2, 0.25) is 0 Å². The van der Waals surface area contributed by atoms with Crippen molar-refractivity contribution in [1.82, 2.24) is 0 Å². The summed E-state index contributed by atoms with van der Waals surface area (Å²) >= 11 is 0. The Morgan fingerprint density at radius 2 is 1.67 bits per heavy atom. The van der Waals surface area contributed by atoms with Gasteiger partial charge in [-0.2, -0.15) is 0 Å². The third-order valence-corrected chi connectivity index (χ3v) is 3.83. The average Bonchev–Trinajstić information content (AvgIpc) is 2.68. The Balaban J connectivity index is 2.19. The molecule has 0 fully saturated rings. The van der Waals surface area contributed by atoms with Gasteiger partial charge in [0.25, 0.3) is 0 Å². The molecule has 0 N–H and O–H groups in total. The van der Waals surface area contributed by atoms with Crippen molar-refractivity contribution in [2.24, 2.45) is 0 Å². The normalized spacial score (nSPS) is 10.6. The zero-order chi connectivity index (χ0) is 19.6. The molecule has 0 unspecified atom stereocenters. The molecule has 4 nitrogen and oxygen atoms in total. The SMILES string of the molecule is C=CCOc1ccc(C(=O)/C=C/c2cc(C)c(OCC)cc2OCC)cc1. The largest absolute Gasteiger partial charge is 0.493 e. The summed E-state index contributed by atoms with van der Waals surface area (Å²) in [6, 6.07) is 10.9. The fourth-order valence-electron chi connectivity index (χ4n) is 2.55. The molecule has 142 valence electrons. The van der Waals surface area contributed by atoms with Crippen molar-refractivity contribution in [1.29, 1.82) is 0 Å². The van der Waals surface area contributed by atoms with E-state index in [2.05, 4.69) is 6.58 Å². The quantitative estimate of drug-likeness (QED) is 0.327. The zero-order valence-corrected chi connectivity index (χ0v) is 16.2. The Labute approximate surface area is 161 Å². The molecule has 27 heavy (non-hydrogen) atoms. The Morgan fingerprint density at radius 1 is 1.00 bits per heavy atom. The van der Waals surface area contributed by atoms with Gasteiger partial charge < -0.3 is 14.2 Å². The number of allylic oxidation sites excluding steroid dienone is 1. The maximum atomic E-state index is 12.5. The number of carbonyl (C=O) groups excluding carboxylic acids is 1. The molecule has 0 bridgehead atoms. The fraction of sp³-hybridized carbons (Fsp3) is 0.261. The van der Waals surface area contributed by atoms with E-state index in [4.69, 9.17) is 14.2 Å². The van der Waals surface area contributed by atoms with Crippen LogP contribution in [0.2, 0.25) is 0 Å². The van der Waals surface area contributed by atoms with Crippen LogP contribution < -0.4 is 14.2 Å². The fourth-order valence-corrected chi connectivity index (χ4v) is 2.55. The van der Waals surface area contributed by atoms with Gasteiger partial charge in [-0.25, -0.2) is 0 Å². The van der Waals surface area contributed by atoms with E-state index in [1.54, 1.807) is 42.5 Å².